The van der Waals surface area contributed by atoms with E-state index in [9.17, 15) is 0 Å². The summed E-state index contributed by atoms with van der Waals surface area (Å²) in [7, 11) is 0. The van der Waals surface area contributed by atoms with Crippen LogP contribution in [0.15, 0.2) is 42.5 Å². The Kier molecular flexibility index (Phi) is 4.87. The molecule has 0 spiro atoms. The quantitative estimate of drug-likeness (QED) is 0.844. The summed E-state index contributed by atoms with van der Waals surface area (Å²) in [6.45, 7) is 9.22. The van der Waals surface area contributed by atoms with E-state index in [4.69, 9.17) is 22.7 Å². The first-order valence-electron chi connectivity index (χ1n) is 7.40. The van der Waals surface area contributed by atoms with Gasteiger partial charge < -0.3 is 10.5 Å². The average Bonchev–Trinajstić information content (AvgIpc) is 2.45. The number of hydrogen-bond donors (Lipinski definition) is 1. The maximum atomic E-state index is 6.12. The Hall–Kier alpha value is -1.87. The molecular formula is C19H23NOS. The Morgan fingerprint density at radius 2 is 1.73 bits per heavy atom. The van der Waals surface area contributed by atoms with E-state index in [0.717, 1.165) is 22.4 Å². The van der Waals surface area contributed by atoms with Gasteiger partial charge in [0, 0.05) is 5.56 Å². The van der Waals surface area contributed by atoms with E-state index >= 15 is 0 Å². The SMILES string of the molecule is Cc1cccc(C(C)(C)C)c1OCc1ccc(C(N)=S)cc1. The summed E-state index contributed by atoms with van der Waals surface area (Å²) in [6.07, 6.45) is 0. The Bertz CT molecular complexity index is 669. The van der Waals surface area contributed by atoms with Gasteiger partial charge in [-0.25, -0.2) is 0 Å². The van der Waals surface area contributed by atoms with Crippen LogP contribution in [0.5, 0.6) is 5.75 Å². The monoisotopic (exact) mass is 313 g/mol. The molecule has 0 aliphatic carbocycles. The molecule has 0 amide bonds. The van der Waals surface area contributed by atoms with Gasteiger partial charge in [-0.15, -0.1) is 0 Å². The fourth-order valence-corrected chi connectivity index (χ4v) is 2.49. The summed E-state index contributed by atoms with van der Waals surface area (Å²) >= 11 is 4.97. The molecule has 2 aromatic carbocycles. The van der Waals surface area contributed by atoms with Crippen LogP contribution in [-0.4, -0.2) is 4.99 Å². The van der Waals surface area contributed by atoms with Gasteiger partial charge in [-0.3, -0.25) is 0 Å². The summed E-state index contributed by atoms with van der Waals surface area (Å²) in [5, 5.41) is 0. The van der Waals surface area contributed by atoms with E-state index in [1.807, 2.05) is 24.3 Å². The van der Waals surface area contributed by atoms with Gasteiger partial charge in [0.25, 0.3) is 0 Å². The predicted octanol–water partition coefficient (Wildman–Crippen LogP) is 4.51. The summed E-state index contributed by atoms with van der Waals surface area (Å²) < 4.78 is 6.12. The zero-order chi connectivity index (χ0) is 16.3. The molecule has 0 aromatic heterocycles. The number of thiocarbonyl (C=S) groups is 1. The molecule has 0 heterocycles. The van der Waals surface area contributed by atoms with Crippen molar-refractivity contribution in [1.29, 1.82) is 0 Å². The van der Waals surface area contributed by atoms with Gasteiger partial charge in [-0.2, -0.15) is 0 Å². The first-order valence-corrected chi connectivity index (χ1v) is 7.81. The smallest absolute Gasteiger partial charge is 0.126 e. The number of benzene rings is 2. The number of hydrogen-bond acceptors (Lipinski definition) is 2. The molecule has 0 aliphatic rings. The lowest BCUT2D eigenvalue weighted by molar-refractivity contribution is 0.295. The fourth-order valence-electron chi connectivity index (χ4n) is 2.36. The molecule has 0 unspecified atom stereocenters. The molecule has 0 saturated carbocycles. The second-order valence-electron chi connectivity index (χ2n) is 6.55. The maximum Gasteiger partial charge on any atom is 0.126 e. The van der Waals surface area contributed by atoms with Crippen LogP contribution in [0.3, 0.4) is 0 Å². The molecule has 3 heteroatoms. The zero-order valence-corrected chi connectivity index (χ0v) is 14.5. The van der Waals surface area contributed by atoms with Crippen molar-refractivity contribution in [2.75, 3.05) is 0 Å². The second kappa shape index (κ2) is 6.49. The lowest BCUT2D eigenvalue weighted by atomic mass is 9.85. The van der Waals surface area contributed by atoms with Crippen LogP contribution in [0.1, 0.15) is 43.0 Å². The molecule has 0 radical (unpaired) electrons. The van der Waals surface area contributed by atoms with Crippen LogP contribution in [0.2, 0.25) is 0 Å². The molecule has 0 aliphatic heterocycles. The largest absolute Gasteiger partial charge is 0.488 e. The normalized spacial score (nSPS) is 11.3. The van der Waals surface area contributed by atoms with Crippen molar-refractivity contribution >= 4 is 17.2 Å². The van der Waals surface area contributed by atoms with E-state index in [0.29, 0.717) is 11.6 Å². The van der Waals surface area contributed by atoms with E-state index in [1.54, 1.807) is 0 Å². The highest BCUT2D eigenvalue weighted by atomic mass is 32.1. The Balaban J connectivity index is 2.20. The second-order valence-corrected chi connectivity index (χ2v) is 6.99. The van der Waals surface area contributed by atoms with Crippen molar-refractivity contribution in [3.8, 4) is 5.75 Å². The van der Waals surface area contributed by atoms with Gasteiger partial charge in [-0.05, 0) is 29.0 Å². The van der Waals surface area contributed by atoms with Crippen LogP contribution in [-0.2, 0) is 12.0 Å². The standard InChI is InChI=1S/C19H23NOS/c1-13-6-5-7-16(19(2,3)4)17(13)21-12-14-8-10-15(11-9-14)18(20)22/h5-11H,12H2,1-4H3,(H2,20,22). The Labute approximate surface area is 138 Å². The summed E-state index contributed by atoms with van der Waals surface area (Å²) in [6, 6.07) is 14.2. The lowest BCUT2D eigenvalue weighted by Gasteiger charge is -2.24. The highest BCUT2D eigenvalue weighted by Crippen LogP contribution is 2.34. The van der Waals surface area contributed by atoms with Crippen molar-refractivity contribution < 1.29 is 4.74 Å². The third-order valence-corrected chi connectivity index (χ3v) is 3.88. The number of rotatable bonds is 4. The minimum Gasteiger partial charge on any atom is -0.488 e. The number of aryl methyl sites for hydroxylation is 1. The van der Waals surface area contributed by atoms with Crippen LogP contribution in [0, 0.1) is 6.92 Å². The molecule has 0 saturated heterocycles. The van der Waals surface area contributed by atoms with Crippen LogP contribution < -0.4 is 10.5 Å². The molecule has 2 aromatic rings. The van der Waals surface area contributed by atoms with Crippen LogP contribution >= 0.6 is 12.2 Å². The van der Waals surface area contributed by atoms with Crippen molar-refractivity contribution in [1.82, 2.24) is 0 Å². The van der Waals surface area contributed by atoms with Crippen LogP contribution in [0.25, 0.3) is 0 Å². The van der Waals surface area contributed by atoms with Gasteiger partial charge in [0.15, 0.2) is 0 Å². The Morgan fingerprint density at radius 3 is 2.27 bits per heavy atom. The molecule has 2 rings (SSSR count). The van der Waals surface area contributed by atoms with Crippen molar-refractivity contribution in [3.05, 3.63) is 64.7 Å². The molecule has 2 nitrogen and oxygen atoms in total. The predicted molar refractivity (Wildman–Crippen MR) is 96.5 cm³/mol. The van der Waals surface area contributed by atoms with Gasteiger partial charge >= 0.3 is 0 Å². The fraction of sp³-hybridized carbons (Fsp3) is 0.316. The lowest BCUT2D eigenvalue weighted by Crippen LogP contribution is -2.14. The molecule has 0 bridgehead atoms. The minimum absolute atomic E-state index is 0.0525. The van der Waals surface area contributed by atoms with Gasteiger partial charge in [0.1, 0.15) is 17.3 Å². The van der Waals surface area contributed by atoms with E-state index < -0.39 is 0 Å². The Morgan fingerprint density at radius 1 is 1.09 bits per heavy atom. The first kappa shape index (κ1) is 16.5. The van der Waals surface area contributed by atoms with Crippen LogP contribution in [0.4, 0.5) is 0 Å². The van der Waals surface area contributed by atoms with Gasteiger partial charge in [0.2, 0.25) is 0 Å². The number of para-hydroxylation sites is 1. The average molecular weight is 313 g/mol. The highest BCUT2D eigenvalue weighted by Gasteiger charge is 2.20. The summed E-state index contributed by atoms with van der Waals surface area (Å²) in [5.74, 6) is 0.980. The van der Waals surface area contributed by atoms with E-state index in [-0.39, 0.29) is 5.41 Å². The number of ether oxygens (including phenoxy) is 1. The molecule has 116 valence electrons. The topological polar surface area (TPSA) is 35.2 Å². The maximum absolute atomic E-state index is 6.12. The summed E-state index contributed by atoms with van der Waals surface area (Å²) in [5.41, 5.74) is 10.0. The molecule has 0 atom stereocenters. The molecule has 0 fully saturated rings. The third kappa shape index (κ3) is 3.86. The molecule has 2 N–H and O–H groups in total. The minimum atomic E-state index is 0.0525. The zero-order valence-electron chi connectivity index (χ0n) is 13.6. The molecular weight excluding hydrogens is 290 g/mol. The third-order valence-electron chi connectivity index (χ3n) is 3.64. The molecule has 22 heavy (non-hydrogen) atoms. The summed E-state index contributed by atoms with van der Waals surface area (Å²) in [4.78, 5) is 0.418. The van der Waals surface area contributed by atoms with Gasteiger partial charge in [-0.1, -0.05) is 75.5 Å². The number of nitrogens with two attached hydrogens (primary N) is 1. The van der Waals surface area contributed by atoms with Crippen molar-refractivity contribution in [3.63, 3.8) is 0 Å². The highest BCUT2D eigenvalue weighted by molar-refractivity contribution is 7.80. The first-order chi connectivity index (χ1) is 10.3. The van der Waals surface area contributed by atoms with E-state index in [2.05, 4.69) is 45.9 Å². The van der Waals surface area contributed by atoms with Crippen molar-refractivity contribution in [2.45, 2.75) is 39.7 Å². The van der Waals surface area contributed by atoms with E-state index in [1.165, 1.54) is 5.56 Å². The van der Waals surface area contributed by atoms with Gasteiger partial charge in [0.05, 0.1) is 0 Å². The van der Waals surface area contributed by atoms with Crippen molar-refractivity contribution in [2.24, 2.45) is 5.73 Å².